The fraction of sp³-hybridized carbons (Fsp3) is 0.263. The number of nitriles is 1. The number of nitrogens with zero attached hydrogens (tertiary/aromatic N) is 2. The van der Waals surface area contributed by atoms with Crippen LogP contribution < -0.4 is 20.1 Å². The molecule has 7 heteroatoms. The SMILES string of the molecule is CCNC(=NCc1ccc(C#N)cc1F)Nc1ccc(OC)c(OC)c1. The number of methoxy groups -OCH3 is 2. The second-order valence-electron chi connectivity index (χ2n) is 5.31. The van der Waals surface area contributed by atoms with Gasteiger partial charge in [-0.25, -0.2) is 9.38 Å². The van der Waals surface area contributed by atoms with Crippen LogP contribution in [0.5, 0.6) is 11.5 Å². The third kappa shape index (κ3) is 4.86. The van der Waals surface area contributed by atoms with Crippen molar-refractivity contribution in [2.45, 2.75) is 13.5 Å². The van der Waals surface area contributed by atoms with Crippen LogP contribution in [0.2, 0.25) is 0 Å². The van der Waals surface area contributed by atoms with E-state index in [4.69, 9.17) is 14.7 Å². The lowest BCUT2D eigenvalue weighted by molar-refractivity contribution is 0.355. The topological polar surface area (TPSA) is 78.7 Å². The number of guanidine groups is 1. The van der Waals surface area contributed by atoms with Crippen LogP contribution in [0.4, 0.5) is 10.1 Å². The third-order valence-electron chi connectivity index (χ3n) is 3.58. The van der Waals surface area contributed by atoms with Crippen LogP contribution in [0, 0.1) is 17.1 Å². The average molecular weight is 356 g/mol. The molecule has 0 radical (unpaired) electrons. The van der Waals surface area contributed by atoms with E-state index in [0.29, 0.717) is 29.6 Å². The van der Waals surface area contributed by atoms with Gasteiger partial charge in [0.15, 0.2) is 17.5 Å². The zero-order valence-electron chi connectivity index (χ0n) is 15.0. The molecule has 136 valence electrons. The zero-order valence-corrected chi connectivity index (χ0v) is 15.0. The van der Waals surface area contributed by atoms with Crippen LogP contribution >= 0.6 is 0 Å². The van der Waals surface area contributed by atoms with E-state index >= 15 is 0 Å². The second-order valence-corrected chi connectivity index (χ2v) is 5.31. The van der Waals surface area contributed by atoms with Gasteiger partial charge in [0.2, 0.25) is 0 Å². The molecule has 0 spiro atoms. The first-order valence-corrected chi connectivity index (χ1v) is 8.07. The monoisotopic (exact) mass is 356 g/mol. The van der Waals surface area contributed by atoms with Crippen molar-refractivity contribution in [1.82, 2.24) is 5.32 Å². The smallest absolute Gasteiger partial charge is 0.196 e. The summed E-state index contributed by atoms with van der Waals surface area (Å²) in [4.78, 5) is 4.39. The third-order valence-corrected chi connectivity index (χ3v) is 3.58. The van der Waals surface area contributed by atoms with Gasteiger partial charge >= 0.3 is 0 Å². The minimum absolute atomic E-state index is 0.139. The molecule has 2 aromatic rings. The molecule has 6 nitrogen and oxygen atoms in total. The molecule has 0 amide bonds. The minimum Gasteiger partial charge on any atom is -0.493 e. The van der Waals surface area contributed by atoms with Gasteiger partial charge in [-0.2, -0.15) is 5.26 Å². The van der Waals surface area contributed by atoms with E-state index in [1.165, 1.54) is 6.07 Å². The molecule has 2 aromatic carbocycles. The molecule has 0 aliphatic heterocycles. The Bertz CT molecular complexity index is 831. The van der Waals surface area contributed by atoms with Crippen LogP contribution in [0.1, 0.15) is 18.1 Å². The van der Waals surface area contributed by atoms with Gasteiger partial charge in [0.25, 0.3) is 0 Å². The fourth-order valence-corrected chi connectivity index (χ4v) is 2.27. The van der Waals surface area contributed by atoms with E-state index in [1.807, 2.05) is 19.1 Å². The largest absolute Gasteiger partial charge is 0.493 e. The van der Waals surface area contributed by atoms with Crippen molar-refractivity contribution in [3.8, 4) is 17.6 Å². The van der Waals surface area contributed by atoms with Gasteiger partial charge in [0.1, 0.15) is 5.82 Å². The molecule has 2 N–H and O–H groups in total. The molecule has 0 aliphatic rings. The highest BCUT2D eigenvalue weighted by Gasteiger charge is 2.07. The molecule has 0 atom stereocenters. The molecular formula is C19H21FN4O2. The highest BCUT2D eigenvalue weighted by molar-refractivity contribution is 5.93. The van der Waals surface area contributed by atoms with Crippen molar-refractivity contribution in [1.29, 1.82) is 5.26 Å². The zero-order chi connectivity index (χ0) is 18.9. The van der Waals surface area contributed by atoms with Crippen LogP contribution in [-0.2, 0) is 6.54 Å². The number of benzene rings is 2. The average Bonchev–Trinajstić information content (AvgIpc) is 2.66. The second kappa shape index (κ2) is 9.28. The highest BCUT2D eigenvalue weighted by Crippen LogP contribution is 2.29. The van der Waals surface area contributed by atoms with Crippen molar-refractivity contribution in [3.05, 3.63) is 53.3 Å². The number of ether oxygens (including phenoxy) is 2. The Morgan fingerprint density at radius 3 is 2.54 bits per heavy atom. The lowest BCUT2D eigenvalue weighted by Crippen LogP contribution is -2.30. The van der Waals surface area contributed by atoms with E-state index in [1.54, 1.807) is 38.5 Å². The number of anilines is 1. The van der Waals surface area contributed by atoms with Crippen LogP contribution in [0.15, 0.2) is 41.4 Å². The lowest BCUT2D eigenvalue weighted by Gasteiger charge is -2.14. The summed E-state index contributed by atoms with van der Waals surface area (Å²) in [6.07, 6.45) is 0. The molecule has 2 rings (SSSR count). The van der Waals surface area contributed by atoms with Crippen molar-refractivity contribution in [2.24, 2.45) is 4.99 Å². The summed E-state index contributed by atoms with van der Waals surface area (Å²) < 4.78 is 24.5. The maximum absolute atomic E-state index is 14.0. The number of hydrogen-bond acceptors (Lipinski definition) is 4. The number of halogens is 1. The number of nitrogens with one attached hydrogen (secondary N) is 2. The Labute approximate surface area is 152 Å². The van der Waals surface area contributed by atoms with Crippen molar-refractivity contribution in [3.63, 3.8) is 0 Å². The molecule has 0 heterocycles. The minimum atomic E-state index is -0.449. The first-order chi connectivity index (χ1) is 12.6. The van der Waals surface area contributed by atoms with E-state index in [-0.39, 0.29) is 12.1 Å². The first-order valence-electron chi connectivity index (χ1n) is 8.07. The Balaban J connectivity index is 2.18. The van der Waals surface area contributed by atoms with Gasteiger partial charge in [0.05, 0.1) is 32.4 Å². The van der Waals surface area contributed by atoms with Crippen LogP contribution in [0.25, 0.3) is 0 Å². The summed E-state index contributed by atoms with van der Waals surface area (Å²) in [7, 11) is 3.14. The van der Waals surface area contributed by atoms with Crippen LogP contribution in [-0.4, -0.2) is 26.7 Å². The van der Waals surface area contributed by atoms with Gasteiger partial charge in [-0.15, -0.1) is 0 Å². The molecule has 26 heavy (non-hydrogen) atoms. The molecule has 0 aromatic heterocycles. The molecule has 0 bridgehead atoms. The van der Waals surface area contributed by atoms with Gasteiger partial charge in [-0.1, -0.05) is 6.07 Å². The Hall–Kier alpha value is -3.27. The van der Waals surface area contributed by atoms with E-state index < -0.39 is 5.82 Å². The van der Waals surface area contributed by atoms with Crippen molar-refractivity contribution < 1.29 is 13.9 Å². The predicted octanol–water partition coefficient (Wildman–Crippen LogP) is 3.29. The Kier molecular flexibility index (Phi) is 6.80. The molecule has 0 aliphatic carbocycles. The maximum Gasteiger partial charge on any atom is 0.196 e. The standard InChI is InChI=1S/C19H21FN4O2/c1-4-22-19(23-12-14-6-5-13(11-21)9-16(14)20)24-15-7-8-17(25-2)18(10-15)26-3/h5-10H,4,12H2,1-3H3,(H2,22,23,24). The Morgan fingerprint density at radius 1 is 1.15 bits per heavy atom. The fourth-order valence-electron chi connectivity index (χ4n) is 2.27. The molecule has 0 fully saturated rings. The lowest BCUT2D eigenvalue weighted by atomic mass is 10.1. The van der Waals surface area contributed by atoms with Gasteiger partial charge in [0, 0.05) is 23.9 Å². The van der Waals surface area contributed by atoms with Gasteiger partial charge in [-0.05, 0) is 31.2 Å². The summed E-state index contributed by atoms with van der Waals surface area (Å²) in [5.41, 5.74) is 1.45. The van der Waals surface area contributed by atoms with Gasteiger partial charge < -0.3 is 20.1 Å². The summed E-state index contributed by atoms with van der Waals surface area (Å²) in [6.45, 7) is 2.73. The quantitative estimate of drug-likeness (QED) is 0.613. The molecule has 0 unspecified atom stereocenters. The molecule has 0 saturated carbocycles. The summed E-state index contributed by atoms with van der Waals surface area (Å²) in [5.74, 6) is 1.27. The van der Waals surface area contributed by atoms with E-state index in [2.05, 4.69) is 15.6 Å². The molecule has 0 saturated heterocycles. The van der Waals surface area contributed by atoms with E-state index in [9.17, 15) is 4.39 Å². The summed E-state index contributed by atoms with van der Waals surface area (Å²) in [6, 6.07) is 11.7. The van der Waals surface area contributed by atoms with Crippen molar-refractivity contribution >= 4 is 11.6 Å². The summed E-state index contributed by atoms with van der Waals surface area (Å²) in [5, 5.41) is 15.1. The Morgan fingerprint density at radius 2 is 1.92 bits per heavy atom. The van der Waals surface area contributed by atoms with Gasteiger partial charge in [-0.3, -0.25) is 0 Å². The highest BCUT2D eigenvalue weighted by atomic mass is 19.1. The normalized spacial score (nSPS) is 10.8. The van der Waals surface area contributed by atoms with Crippen molar-refractivity contribution in [2.75, 3.05) is 26.1 Å². The maximum atomic E-state index is 14.0. The number of rotatable bonds is 6. The molecular weight excluding hydrogens is 335 g/mol. The number of hydrogen-bond donors (Lipinski definition) is 2. The summed E-state index contributed by atoms with van der Waals surface area (Å²) >= 11 is 0. The predicted molar refractivity (Wildman–Crippen MR) is 99.1 cm³/mol. The number of aliphatic imine (C=N–C) groups is 1. The van der Waals surface area contributed by atoms with E-state index in [0.717, 1.165) is 5.69 Å². The first kappa shape index (κ1) is 19.1. The van der Waals surface area contributed by atoms with Crippen LogP contribution in [0.3, 0.4) is 0 Å².